The topological polar surface area (TPSA) is 73.3 Å². The molecule has 10 heteroatoms. The molecule has 0 aliphatic carbocycles. The number of alkyl halides is 2. The third-order valence-corrected chi connectivity index (χ3v) is 3.93. The number of nitrogens with zero attached hydrogens (tertiary/aromatic N) is 1. The summed E-state index contributed by atoms with van der Waals surface area (Å²) in [6.07, 6.45) is 0. The number of rotatable bonds is 10. The lowest BCUT2D eigenvalue weighted by molar-refractivity contribution is -0.0512. The average Bonchev–Trinajstić information content (AvgIpc) is 2.72. The van der Waals surface area contributed by atoms with Gasteiger partial charge in [0.1, 0.15) is 0 Å². The first-order valence-electron chi connectivity index (χ1n) is 9.48. The second kappa shape index (κ2) is 13.7. The van der Waals surface area contributed by atoms with Gasteiger partial charge in [-0.3, -0.25) is 0 Å². The van der Waals surface area contributed by atoms with Gasteiger partial charge in [0.25, 0.3) is 0 Å². The molecule has 2 N–H and O–H groups in total. The van der Waals surface area contributed by atoms with Gasteiger partial charge < -0.3 is 29.6 Å². The minimum atomic E-state index is -2.94. The van der Waals surface area contributed by atoms with Crippen LogP contribution in [0.5, 0.6) is 23.0 Å². The number of anilines is 1. The van der Waals surface area contributed by atoms with Crippen molar-refractivity contribution in [3.63, 3.8) is 0 Å². The molecule has 0 amide bonds. The standard InChI is InChI=1S/C21H27F2N3O4.HI/c1-5-24-21(26-15-8-10-16(27-3)18(12-15)29-6-2)25-13-14-7-9-17(28-4)19(11-14)30-20(22)23;/h7-12,20H,5-6,13H2,1-4H3,(H2,24,25,26);1H. The average molecular weight is 551 g/mol. The molecule has 172 valence electrons. The SMILES string of the molecule is CCNC(=NCc1ccc(OC)c(OC(F)F)c1)Nc1ccc(OC)c(OCC)c1.I. The third-order valence-electron chi connectivity index (χ3n) is 3.93. The first-order valence-corrected chi connectivity index (χ1v) is 9.48. The molecular weight excluding hydrogens is 523 g/mol. The van der Waals surface area contributed by atoms with Gasteiger partial charge >= 0.3 is 6.61 Å². The fraction of sp³-hybridized carbons (Fsp3) is 0.381. The summed E-state index contributed by atoms with van der Waals surface area (Å²) in [4.78, 5) is 4.51. The summed E-state index contributed by atoms with van der Waals surface area (Å²) in [5, 5.41) is 6.34. The molecule has 0 aliphatic rings. The Balaban J connectivity index is 0.00000480. The lowest BCUT2D eigenvalue weighted by Crippen LogP contribution is -2.30. The van der Waals surface area contributed by atoms with Crippen molar-refractivity contribution in [2.24, 2.45) is 4.99 Å². The van der Waals surface area contributed by atoms with Crippen LogP contribution in [-0.2, 0) is 6.54 Å². The summed E-state index contributed by atoms with van der Waals surface area (Å²) in [5.41, 5.74) is 1.45. The number of guanidine groups is 1. The zero-order valence-electron chi connectivity index (χ0n) is 17.9. The Morgan fingerprint density at radius 2 is 1.65 bits per heavy atom. The molecule has 0 saturated carbocycles. The van der Waals surface area contributed by atoms with Gasteiger partial charge in [0, 0.05) is 18.3 Å². The summed E-state index contributed by atoms with van der Waals surface area (Å²) < 4.78 is 45.7. The number of halogens is 3. The number of hydrogen-bond acceptors (Lipinski definition) is 5. The van der Waals surface area contributed by atoms with E-state index in [1.807, 2.05) is 26.0 Å². The third kappa shape index (κ3) is 8.27. The van der Waals surface area contributed by atoms with Crippen LogP contribution in [-0.4, -0.2) is 39.9 Å². The van der Waals surface area contributed by atoms with E-state index in [2.05, 4.69) is 20.4 Å². The smallest absolute Gasteiger partial charge is 0.387 e. The Morgan fingerprint density at radius 3 is 2.26 bits per heavy atom. The second-order valence-electron chi connectivity index (χ2n) is 5.98. The number of nitrogens with one attached hydrogen (secondary N) is 2. The highest BCUT2D eigenvalue weighted by molar-refractivity contribution is 14.0. The Morgan fingerprint density at radius 1 is 0.968 bits per heavy atom. The molecule has 0 aliphatic heterocycles. The zero-order valence-corrected chi connectivity index (χ0v) is 20.2. The predicted molar refractivity (Wildman–Crippen MR) is 128 cm³/mol. The maximum atomic E-state index is 12.6. The van der Waals surface area contributed by atoms with E-state index < -0.39 is 6.61 Å². The van der Waals surface area contributed by atoms with Crippen LogP contribution in [0, 0.1) is 0 Å². The first-order chi connectivity index (χ1) is 14.5. The van der Waals surface area contributed by atoms with Crippen LogP contribution in [0.3, 0.4) is 0 Å². The van der Waals surface area contributed by atoms with E-state index in [9.17, 15) is 8.78 Å². The van der Waals surface area contributed by atoms with Crippen LogP contribution in [0.1, 0.15) is 19.4 Å². The molecule has 31 heavy (non-hydrogen) atoms. The minimum Gasteiger partial charge on any atom is -0.493 e. The lowest BCUT2D eigenvalue weighted by atomic mass is 10.2. The number of aliphatic imine (C=N–C) groups is 1. The van der Waals surface area contributed by atoms with Crippen molar-refractivity contribution in [1.29, 1.82) is 0 Å². The quantitative estimate of drug-likeness (QED) is 0.249. The Hall–Kier alpha value is -2.50. The molecule has 7 nitrogen and oxygen atoms in total. The van der Waals surface area contributed by atoms with Crippen molar-refractivity contribution in [3.05, 3.63) is 42.0 Å². The van der Waals surface area contributed by atoms with Gasteiger partial charge in [0.15, 0.2) is 29.0 Å². The molecule has 0 aromatic heterocycles. The van der Waals surface area contributed by atoms with E-state index in [1.54, 1.807) is 25.3 Å². The number of benzene rings is 2. The van der Waals surface area contributed by atoms with Crippen LogP contribution < -0.4 is 29.6 Å². The highest BCUT2D eigenvalue weighted by Crippen LogP contribution is 2.31. The molecule has 0 unspecified atom stereocenters. The summed E-state index contributed by atoms with van der Waals surface area (Å²) >= 11 is 0. The number of hydrogen-bond donors (Lipinski definition) is 2. The molecule has 0 heterocycles. The molecule has 2 rings (SSSR count). The van der Waals surface area contributed by atoms with Crippen molar-refractivity contribution < 1.29 is 27.7 Å². The first kappa shape index (κ1) is 26.5. The fourth-order valence-corrected chi connectivity index (χ4v) is 2.64. The van der Waals surface area contributed by atoms with E-state index in [-0.39, 0.29) is 42.0 Å². The monoisotopic (exact) mass is 551 g/mol. The molecule has 0 saturated heterocycles. The molecule has 2 aromatic carbocycles. The Bertz CT molecular complexity index is 853. The summed E-state index contributed by atoms with van der Waals surface area (Å²) in [6.45, 7) is 2.29. The number of ether oxygens (including phenoxy) is 4. The zero-order chi connectivity index (χ0) is 21.9. The minimum absolute atomic E-state index is 0. The maximum absolute atomic E-state index is 12.6. The predicted octanol–water partition coefficient (Wildman–Crippen LogP) is 4.90. The number of methoxy groups -OCH3 is 2. The molecule has 2 aromatic rings. The van der Waals surface area contributed by atoms with Crippen LogP contribution in [0.15, 0.2) is 41.4 Å². The van der Waals surface area contributed by atoms with Gasteiger partial charge in [0.2, 0.25) is 0 Å². The van der Waals surface area contributed by atoms with Crippen molar-refractivity contribution in [3.8, 4) is 23.0 Å². The van der Waals surface area contributed by atoms with Crippen LogP contribution in [0.2, 0.25) is 0 Å². The molecule has 0 spiro atoms. The lowest BCUT2D eigenvalue weighted by Gasteiger charge is -2.15. The van der Waals surface area contributed by atoms with Crippen LogP contribution in [0.4, 0.5) is 14.5 Å². The van der Waals surface area contributed by atoms with Crippen molar-refractivity contribution in [2.45, 2.75) is 27.0 Å². The molecule has 0 radical (unpaired) electrons. The van der Waals surface area contributed by atoms with E-state index in [1.165, 1.54) is 13.2 Å². The normalized spacial score (nSPS) is 10.9. The van der Waals surface area contributed by atoms with Crippen molar-refractivity contribution >= 4 is 35.6 Å². The van der Waals surface area contributed by atoms with Gasteiger partial charge in [-0.05, 0) is 43.7 Å². The van der Waals surface area contributed by atoms with Crippen LogP contribution in [0.25, 0.3) is 0 Å². The van der Waals surface area contributed by atoms with Crippen molar-refractivity contribution in [2.75, 3.05) is 32.7 Å². The molecule has 0 atom stereocenters. The summed E-state index contributed by atoms with van der Waals surface area (Å²) in [6, 6.07) is 10.3. The highest BCUT2D eigenvalue weighted by Gasteiger charge is 2.12. The van der Waals surface area contributed by atoms with Gasteiger partial charge in [-0.15, -0.1) is 24.0 Å². The van der Waals surface area contributed by atoms with Gasteiger partial charge in [0.05, 0.1) is 27.4 Å². The van der Waals surface area contributed by atoms with Crippen molar-refractivity contribution in [1.82, 2.24) is 5.32 Å². The Labute approximate surface area is 198 Å². The highest BCUT2D eigenvalue weighted by atomic mass is 127. The van der Waals surface area contributed by atoms with E-state index in [0.29, 0.717) is 36.2 Å². The second-order valence-corrected chi connectivity index (χ2v) is 5.98. The Kier molecular flexibility index (Phi) is 11.8. The van der Waals surface area contributed by atoms with E-state index in [0.717, 1.165) is 5.69 Å². The van der Waals surface area contributed by atoms with Gasteiger partial charge in [-0.2, -0.15) is 8.78 Å². The molecule has 0 fully saturated rings. The largest absolute Gasteiger partial charge is 0.493 e. The van der Waals surface area contributed by atoms with E-state index in [4.69, 9.17) is 14.2 Å². The molecular formula is C21H28F2IN3O4. The molecule has 0 bridgehead atoms. The van der Waals surface area contributed by atoms with Gasteiger partial charge in [-0.1, -0.05) is 6.07 Å². The fourth-order valence-electron chi connectivity index (χ4n) is 2.64. The van der Waals surface area contributed by atoms with E-state index >= 15 is 0 Å². The maximum Gasteiger partial charge on any atom is 0.387 e. The van der Waals surface area contributed by atoms with Crippen LogP contribution >= 0.6 is 24.0 Å². The summed E-state index contributed by atoms with van der Waals surface area (Å²) in [5.74, 6) is 1.97. The van der Waals surface area contributed by atoms with Gasteiger partial charge in [-0.25, -0.2) is 4.99 Å². The summed E-state index contributed by atoms with van der Waals surface area (Å²) in [7, 11) is 2.97.